The smallest absolute Gasteiger partial charge is 0.235 e. The van der Waals surface area contributed by atoms with E-state index in [4.69, 9.17) is 4.43 Å². The van der Waals surface area contributed by atoms with Crippen LogP contribution in [0.1, 0.15) is 65.2 Å². The maximum Gasteiger partial charge on any atom is 0.235 e. The van der Waals surface area contributed by atoms with Gasteiger partial charge in [0, 0.05) is 0 Å². The number of unbranched alkanes of at least 4 members (excludes halogenated alkanes) is 6. The minimum atomic E-state index is -1.05. The number of benzene rings is 1. The zero-order valence-corrected chi connectivity index (χ0v) is 14.6. The van der Waals surface area contributed by atoms with Crippen LogP contribution in [0.3, 0.4) is 0 Å². The molecule has 1 nitrogen and oxygen atoms in total. The van der Waals surface area contributed by atoms with Gasteiger partial charge in [0.2, 0.25) is 9.04 Å². The Morgan fingerprint density at radius 3 is 1.80 bits per heavy atom. The molecule has 0 aliphatic heterocycles. The largest absolute Gasteiger partial charge is 0.546 e. The predicted octanol–water partition coefficient (Wildman–Crippen LogP) is 5.95. The van der Waals surface area contributed by atoms with Crippen molar-refractivity contribution in [3.63, 3.8) is 0 Å². The quantitative estimate of drug-likeness (QED) is 0.342. The Bertz CT molecular complexity index is 300. The Kier molecular flexibility index (Phi) is 10.4. The molecule has 1 aromatic rings. The van der Waals surface area contributed by atoms with Gasteiger partial charge in [-0.05, 0) is 24.2 Å². The summed E-state index contributed by atoms with van der Waals surface area (Å²) in [4.78, 5) is 0. The van der Waals surface area contributed by atoms with Crippen LogP contribution < -0.4 is 4.43 Å². The molecule has 0 heterocycles. The van der Waals surface area contributed by atoms with E-state index < -0.39 is 9.04 Å². The molecule has 0 saturated carbocycles. The summed E-state index contributed by atoms with van der Waals surface area (Å²) in [6.07, 6.45) is 10.9. The molecule has 0 amide bonds. The summed E-state index contributed by atoms with van der Waals surface area (Å²) in [7, 11) is -1.05. The molecule has 0 saturated heterocycles. The van der Waals surface area contributed by atoms with E-state index in [0.717, 1.165) is 5.75 Å². The second-order valence-electron chi connectivity index (χ2n) is 5.75. The molecule has 0 atom stereocenters. The zero-order valence-electron chi connectivity index (χ0n) is 13.4. The fourth-order valence-electron chi connectivity index (χ4n) is 2.55. The molecule has 0 N–H and O–H groups in total. The van der Waals surface area contributed by atoms with Crippen LogP contribution >= 0.6 is 0 Å². The lowest BCUT2D eigenvalue weighted by Gasteiger charge is -2.18. The average Bonchev–Trinajstić information content (AvgIpc) is 2.49. The average molecular weight is 293 g/mol. The van der Waals surface area contributed by atoms with Gasteiger partial charge in [0.15, 0.2) is 0 Å². The number of hydrogen-bond donors (Lipinski definition) is 0. The Morgan fingerprint density at radius 1 is 0.750 bits per heavy atom. The van der Waals surface area contributed by atoms with Crippen LogP contribution in [0, 0.1) is 0 Å². The van der Waals surface area contributed by atoms with Crippen molar-refractivity contribution in [2.45, 2.75) is 77.3 Å². The third-order valence-electron chi connectivity index (χ3n) is 3.81. The molecule has 114 valence electrons. The Labute approximate surface area is 127 Å². The molecule has 1 aromatic carbocycles. The van der Waals surface area contributed by atoms with E-state index in [0.29, 0.717) is 0 Å². The van der Waals surface area contributed by atoms with E-state index >= 15 is 0 Å². The molecule has 0 spiro atoms. The maximum atomic E-state index is 6.31. The second-order valence-corrected chi connectivity index (χ2v) is 8.39. The highest BCUT2D eigenvalue weighted by atomic mass is 28.3. The van der Waals surface area contributed by atoms with Crippen molar-refractivity contribution in [2.24, 2.45) is 0 Å². The first-order valence-electron chi connectivity index (χ1n) is 8.58. The molecule has 0 aliphatic carbocycles. The SMILES string of the molecule is CCCCCC[SiH](CCCCCC)Oc1ccccc1. The van der Waals surface area contributed by atoms with E-state index in [-0.39, 0.29) is 0 Å². The highest BCUT2D eigenvalue weighted by Crippen LogP contribution is 2.18. The summed E-state index contributed by atoms with van der Waals surface area (Å²) in [6, 6.07) is 13.1. The monoisotopic (exact) mass is 292 g/mol. The molecule has 20 heavy (non-hydrogen) atoms. The van der Waals surface area contributed by atoms with Gasteiger partial charge in [-0.1, -0.05) is 83.4 Å². The van der Waals surface area contributed by atoms with Gasteiger partial charge in [0.1, 0.15) is 5.75 Å². The van der Waals surface area contributed by atoms with E-state index in [1.807, 2.05) is 0 Å². The van der Waals surface area contributed by atoms with Gasteiger partial charge in [-0.15, -0.1) is 0 Å². The molecule has 0 aliphatic rings. The Hall–Kier alpha value is -0.763. The second kappa shape index (κ2) is 12.0. The Balaban J connectivity index is 2.33. The fourth-order valence-corrected chi connectivity index (χ4v) is 5.11. The lowest BCUT2D eigenvalue weighted by atomic mass is 10.2. The van der Waals surface area contributed by atoms with Crippen LogP contribution in [-0.4, -0.2) is 9.04 Å². The normalized spacial score (nSPS) is 10.9. The van der Waals surface area contributed by atoms with Gasteiger partial charge in [0.05, 0.1) is 0 Å². The van der Waals surface area contributed by atoms with Crippen molar-refractivity contribution in [3.05, 3.63) is 30.3 Å². The predicted molar refractivity (Wildman–Crippen MR) is 92.1 cm³/mol. The summed E-state index contributed by atoms with van der Waals surface area (Å²) < 4.78 is 6.31. The summed E-state index contributed by atoms with van der Waals surface area (Å²) in [5.74, 6) is 1.09. The van der Waals surface area contributed by atoms with Crippen molar-refractivity contribution < 1.29 is 4.43 Å². The van der Waals surface area contributed by atoms with Gasteiger partial charge in [-0.2, -0.15) is 0 Å². The van der Waals surface area contributed by atoms with Gasteiger partial charge in [-0.25, -0.2) is 0 Å². The molecule has 1 rings (SSSR count). The molecular weight excluding hydrogens is 260 g/mol. The van der Waals surface area contributed by atoms with E-state index in [1.54, 1.807) is 0 Å². The van der Waals surface area contributed by atoms with Crippen LogP contribution in [0.15, 0.2) is 30.3 Å². The zero-order chi connectivity index (χ0) is 14.5. The first-order valence-corrected chi connectivity index (χ1v) is 10.7. The van der Waals surface area contributed by atoms with Crippen LogP contribution in [0.25, 0.3) is 0 Å². The van der Waals surface area contributed by atoms with E-state index in [2.05, 4.69) is 44.2 Å². The standard InChI is InChI=1S/C18H32OSi/c1-3-5-7-12-16-20(17-13-8-6-4-2)19-18-14-10-9-11-15-18/h9-11,14-15,20H,3-8,12-13,16-17H2,1-2H3. The lowest BCUT2D eigenvalue weighted by molar-refractivity contribution is 0.545. The highest BCUT2D eigenvalue weighted by Gasteiger charge is 2.13. The lowest BCUT2D eigenvalue weighted by Crippen LogP contribution is -2.21. The first kappa shape index (κ1) is 17.3. The Morgan fingerprint density at radius 2 is 1.30 bits per heavy atom. The van der Waals surface area contributed by atoms with Gasteiger partial charge >= 0.3 is 0 Å². The topological polar surface area (TPSA) is 9.23 Å². The highest BCUT2D eigenvalue weighted by molar-refractivity contribution is 6.52. The molecule has 0 radical (unpaired) electrons. The molecule has 0 aromatic heterocycles. The molecule has 0 fully saturated rings. The third-order valence-corrected chi connectivity index (χ3v) is 6.52. The summed E-state index contributed by atoms with van der Waals surface area (Å²) in [5, 5.41) is 0. The van der Waals surface area contributed by atoms with Crippen molar-refractivity contribution >= 4 is 9.04 Å². The first-order chi connectivity index (χ1) is 9.86. The molecule has 0 unspecified atom stereocenters. The van der Waals surface area contributed by atoms with Crippen LogP contribution in [0.4, 0.5) is 0 Å². The van der Waals surface area contributed by atoms with E-state index in [9.17, 15) is 0 Å². The maximum absolute atomic E-state index is 6.31. The number of rotatable bonds is 12. The van der Waals surface area contributed by atoms with E-state index in [1.165, 1.54) is 63.5 Å². The van der Waals surface area contributed by atoms with Gasteiger partial charge < -0.3 is 4.43 Å². The fraction of sp³-hybridized carbons (Fsp3) is 0.667. The van der Waals surface area contributed by atoms with Crippen LogP contribution in [0.5, 0.6) is 5.75 Å². The molecule has 2 heteroatoms. The number of hydrogen-bond acceptors (Lipinski definition) is 1. The molecular formula is C18H32OSi. The van der Waals surface area contributed by atoms with Gasteiger partial charge in [-0.3, -0.25) is 0 Å². The van der Waals surface area contributed by atoms with Crippen LogP contribution in [0.2, 0.25) is 12.1 Å². The van der Waals surface area contributed by atoms with Gasteiger partial charge in [0.25, 0.3) is 0 Å². The minimum absolute atomic E-state index is 1.05. The third kappa shape index (κ3) is 8.42. The summed E-state index contributed by atoms with van der Waals surface area (Å²) >= 11 is 0. The van der Waals surface area contributed by atoms with Crippen molar-refractivity contribution in [1.82, 2.24) is 0 Å². The molecule has 0 bridgehead atoms. The minimum Gasteiger partial charge on any atom is -0.546 e. The van der Waals surface area contributed by atoms with Crippen molar-refractivity contribution in [1.29, 1.82) is 0 Å². The van der Waals surface area contributed by atoms with Crippen molar-refractivity contribution in [3.8, 4) is 5.75 Å². The summed E-state index contributed by atoms with van der Waals surface area (Å²) in [6.45, 7) is 4.56. The van der Waals surface area contributed by atoms with Crippen molar-refractivity contribution in [2.75, 3.05) is 0 Å². The summed E-state index contributed by atoms with van der Waals surface area (Å²) in [5.41, 5.74) is 0. The number of para-hydroxylation sites is 1. The van der Waals surface area contributed by atoms with Crippen LogP contribution in [-0.2, 0) is 0 Å².